The first kappa shape index (κ1) is 28.6. The van der Waals surface area contributed by atoms with Crippen LogP contribution in [-0.2, 0) is 22.6 Å². The molecule has 1 saturated heterocycles. The molecule has 0 saturated carbocycles. The van der Waals surface area contributed by atoms with Crippen LogP contribution in [0.4, 0.5) is 30.7 Å². The molecule has 1 aliphatic rings. The molecule has 1 heterocycles. The first-order valence-corrected chi connectivity index (χ1v) is 10.7. The predicted molar refractivity (Wildman–Crippen MR) is 119 cm³/mol. The Bertz CT molecular complexity index is 997. The third-order valence-electron chi connectivity index (χ3n) is 6.41. The van der Waals surface area contributed by atoms with Crippen molar-refractivity contribution in [2.24, 2.45) is 0 Å². The topological polar surface area (TPSA) is 32.3 Å². The highest BCUT2D eigenvalue weighted by atomic mass is 19.4. The number of halogens is 7. The van der Waals surface area contributed by atoms with Crippen LogP contribution in [0.3, 0.4) is 0 Å². The van der Waals surface area contributed by atoms with Crippen molar-refractivity contribution in [1.82, 2.24) is 10.2 Å². The van der Waals surface area contributed by atoms with Gasteiger partial charge in [0, 0.05) is 25.6 Å². The van der Waals surface area contributed by atoms with Crippen LogP contribution in [0.5, 0.6) is 0 Å². The molecule has 1 N–H and O–H groups in total. The van der Waals surface area contributed by atoms with Gasteiger partial charge in [-0.05, 0) is 68.3 Å². The second-order valence-electron chi connectivity index (χ2n) is 9.05. The third kappa shape index (κ3) is 6.15. The number of amides is 1. The van der Waals surface area contributed by atoms with Crippen LogP contribution < -0.4 is 5.32 Å². The van der Waals surface area contributed by atoms with Gasteiger partial charge in [-0.2, -0.15) is 26.3 Å². The molecule has 0 radical (unpaired) electrons. The van der Waals surface area contributed by atoms with Gasteiger partial charge in [-0.1, -0.05) is 19.6 Å². The van der Waals surface area contributed by atoms with Crippen molar-refractivity contribution in [3.05, 3.63) is 70.5 Å². The van der Waals surface area contributed by atoms with Gasteiger partial charge in [-0.15, -0.1) is 0 Å². The van der Waals surface area contributed by atoms with Crippen LogP contribution >= 0.6 is 0 Å². The maximum absolute atomic E-state index is 13.5. The fourth-order valence-electron chi connectivity index (χ4n) is 4.39. The summed E-state index contributed by atoms with van der Waals surface area (Å²) in [7, 11) is 1.49. The summed E-state index contributed by atoms with van der Waals surface area (Å²) in [5.74, 6) is -1.26. The average Bonchev–Trinajstić information content (AvgIpc) is 2.77. The van der Waals surface area contributed by atoms with E-state index in [-0.39, 0.29) is 31.0 Å². The molecule has 0 aliphatic carbocycles. The molecule has 0 aromatic heterocycles. The largest absolute Gasteiger partial charge is 0.416 e. The van der Waals surface area contributed by atoms with Gasteiger partial charge in [0.15, 0.2) is 0 Å². The number of nitrogens with zero attached hydrogens (tertiary/aromatic N) is 1. The maximum Gasteiger partial charge on any atom is 0.416 e. The monoisotopic (exact) mass is 506 g/mol. The van der Waals surface area contributed by atoms with E-state index < -0.39 is 40.6 Å². The fourth-order valence-corrected chi connectivity index (χ4v) is 4.39. The van der Waals surface area contributed by atoms with Crippen LogP contribution in [0.2, 0.25) is 0 Å². The normalized spacial score (nSPS) is 19.1. The zero-order chi connectivity index (χ0) is 25.5. The van der Waals surface area contributed by atoms with Gasteiger partial charge in [-0.25, -0.2) is 4.39 Å². The number of hydrogen-bond acceptors (Lipinski definition) is 2. The Morgan fingerprint density at radius 3 is 1.89 bits per heavy atom. The van der Waals surface area contributed by atoms with Crippen LogP contribution in [0.25, 0.3) is 0 Å². The van der Waals surface area contributed by atoms with E-state index in [0.717, 1.165) is 5.56 Å². The van der Waals surface area contributed by atoms with Crippen LogP contribution in [0.15, 0.2) is 42.5 Å². The SMILES string of the molecule is C.CN(C(=O)C(C)(C)c1cc(C(F)(F)F)cc(C(F)(F)F)c1)[C@H]1CCNC[C@@H]1c1ccc(F)cc1. The molecule has 35 heavy (non-hydrogen) atoms. The molecular weight excluding hydrogens is 477 g/mol. The van der Waals surface area contributed by atoms with Crippen molar-refractivity contribution in [1.29, 1.82) is 0 Å². The van der Waals surface area contributed by atoms with Crippen molar-refractivity contribution in [2.75, 3.05) is 20.1 Å². The second-order valence-corrected chi connectivity index (χ2v) is 9.05. The number of hydrogen-bond donors (Lipinski definition) is 1. The van der Waals surface area contributed by atoms with E-state index in [0.29, 0.717) is 31.6 Å². The van der Waals surface area contributed by atoms with Crippen molar-refractivity contribution in [3.63, 3.8) is 0 Å². The number of likely N-dealkylation sites (N-methyl/N-ethyl adjacent to an activating group) is 1. The summed E-state index contributed by atoms with van der Waals surface area (Å²) in [4.78, 5) is 14.9. The molecule has 2 aromatic carbocycles. The number of benzene rings is 2. The quantitative estimate of drug-likeness (QED) is 0.488. The van der Waals surface area contributed by atoms with Gasteiger partial charge in [0.1, 0.15) is 5.82 Å². The fraction of sp³-hybridized carbons (Fsp3) is 0.480. The van der Waals surface area contributed by atoms with Crippen molar-refractivity contribution in [2.45, 2.75) is 57.4 Å². The van der Waals surface area contributed by atoms with E-state index in [4.69, 9.17) is 0 Å². The molecule has 0 unspecified atom stereocenters. The Labute approximate surface area is 200 Å². The minimum absolute atomic E-state index is 0. The molecule has 1 aliphatic heterocycles. The van der Waals surface area contributed by atoms with E-state index in [2.05, 4.69) is 5.32 Å². The second kappa shape index (κ2) is 10.2. The summed E-state index contributed by atoms with van der Waals surface area (Å²) in [6.07, 6.45) is -9.51. The Morgan fingerprint density at radius 1 is 0.914 bits per heavy atom. The number of nitrogens with one attached hydrogen (secondary N) is 1. The molecule has 1 amide bonds. The van der Waals surface area contributed by atoms with Gasteiger partial charge in [0.2, 0.25) is 5.91 Å². The molecule has 10 heteroatoms. The van der Waals surface area contributed by atoms with E-state index in [9.17, 15) is 35.5 Å². The number of piperidine rings is 1. The maximum atomic E-state index is 13.5. The van der Waals surface area contributed by atoms with Crippen molar-refractivity contribution >= 4 is 5.91 Å². The van der Waals surface area contributed by atoms with E-state index in [1.807, 2.05) is 0 Å². The smallest absolute Gasteiger partial charge is 0.341 e. The van der Waals surface area contributed by atoms with Gasteiger partial charge < -0.3 is 10.2 Å². The summed E-state index contributed by atoms with van der Waals surface area (Å²) >= 11 is 0. The minimum atomic E-state index is -5.01. The third-order valence-corrected chi connectivity index (χ3v) is 6.41. The Kier molecular flexibility index (Phi) is 8.31. The summed E-state index contributed by atoms with van der Waals surface area (Å²) < 4.78 is 93.4. The lowest BCUT2D eigenvalue weighted by molar-refractivity contribution is -0.144. The number of alkyl halides is 6. The predicted octanol–water partition coefficient (Wildman–Crippen LogP) is 6.38. The molecule has 3 rings (SSSR count). The zero-order valence-corrected chi connectivity index (χ0v) is 18.8. The van der Waals surface area contributed by atoms with E-state index in [1.165, 1.54) is 37.9 Å². The van der Waals surface area contributed by atoms with Gasteiger partial charge in [0.05, 0.1) is 16.5 Å². The first-order valence-electron chi connectivity index (χ1n) is 10.7. The van der Waals surface area contributed by atoms with Crippen LogP contribution in [-0.4, -0.2) is 37.0 Å². The summed E-state index contributed by atoms with van der Waals surface area (Å²) in [5.41, 5.74) is -4.21. The highest BCUT2D eigenvalue weighted by Gasteiger charge is 2.42. The number of rotatable bonds is 4. The van der Waals surface area contributed by atoms with Crippen LogP contribution in [0, 0.1) is 5.82 Å². The molecule has 3 nitrogen and oxygen atoms in total. The van der Waals surface area contributed by atoms with Gasteiger partial charge in [-0.3, -0.25) is 4.79 Å². The average molecular weight is 507 g/mol. The minimum Gasteiger partial charge on any atom is -0.341 e. The van der Waals surface area contributed by atoms with E-state index in [1.54, 1.807) is 12.1 Å². The number of carbonyl (C=O) groups is 1. The van der Waals surface area contributed by atoms with Crippen LogP contribution in [0.1, 0.15) is 55.9 Å². The highest BCUT2D eigenvalue weighted by molar-refractivity contribution is 5.87. The lowest BCUT2D eigenvalue weighted by Crippen LogP contribution is -2.53. The highest BCUT2D eigenvalue weighted by Crippen LogP contribution is 2.40. The summed E-state index contributed by atoms with van der Waals surface area (Å²) in [5, 5.41) is 3.21. The van der Waals surface area contributed by atoms with Gasteiger partial charge in [0.25, 0.3) is 0 Å². The molecule has 1 fully saturated rings. The van der Waals surface area contributed by atoms with Gasteiger partial charge >= 0.3 is 12.4 Å². The van der Waals surface area contributed by atoms with Crippen molar-refractivity contribution in [3.8, 4) is 0 Å². The Hall–Kier alpha value is -2.62. The Balaban J connectivity index is 0.00000432. The molecule has 0 spiro atoms. The van der Waals surface area contributed by atoms with E-state index >= 15 is 0 Å². The lowest BCUT2D eigenvalue weighted by atomic mass is 9.79. The first-order chi connectivity index (χ1) is 15.6. The molecule has 2 atom stereocenters. The summed E-state index contributed by atoms with van der Waals surface area (Å²) in [6.45, 7) is 3.68. The molecule has 2 aromatic rings. The standard InChI is InChI=1S/C24H25F7N2O.CH4/c1-22(2,15-10-16(23(26,27)28)12-17(11-15)24(29,30)31)21(34)33(3)20-8-9-32-13-19(20)14-4-6-18(25)7-5-14;/h4-7,10-12,19-20,32H,8-9,13H2,1-3H3;1H4/t19-,20+;/m1./s1. The Morgan fingerprint density at radius 2 is 1.40 bits per heavy atom. The molecular formula is C25H29F7N2O. The molecule has 194 valence electrons. The number of carbonyl (C=O) groups excluding carboxylic acids is 1. The molecule has 0 bridgehead atoms. The summed E-state index contributed by atoms with van der Waals surface area (Å²) in [6, 6.07) is 6.67. The lowest BCUT2D eigenvalue weighted by Gasteiger charge is -2.42. The zero-order valence-electron chi connectivity index (χ0n) is 18.8. The van der Waals surface area contributed by atoms with Crippen molar-refractivity contribution < 1.29 is 35.5 Å².